The summed E-state index contributed by atoms with van der Waals surface area (Å²) >= 11 is 0. The van der Waals surface area contributed by atoms with Crippen LogP contribution < -0.4 is 18.9 Å². The van der Waals surface area contributed by atoms with Crippen LogP contribution in [0.15, 0.2) is 48.5 Å². The molecule has 2 rings (SSSR count). The monoisotopic (exact) mass is 470 g/mol. The van der Waals surface area contributed by atoms with E-state index in [1.165, 1.54) is 38.5 Å². The topological polar surface area (TPSA) is 54.0 Å². The number of esters is 1. The number of carbonyl (C=O) groups is 1. The van der Waals surface area contributed by atoms with E-state index in [4.69, 9.17) is 18.9 Å². The summed E-state index contributed by atoms with van der Waals surface area (Å²) in [6.07, 6.45) is 8.70. The molecule has 0 heterocycles. The van der Waals surface area contributed by atoms with E-state index in [9.17, 15) is 4.79 Å². The molecule has 0 aliphatic heterocycles. The van der Waals surface area contributed by atoms with Gasteiger partial charge in [0.25, 0.3) is 0 Å². The Morgan fingerprint density at radius 1 is 0.706 bits per heavy atom. The van der Waals surface area contributed by atoms with Gasteiger partial charge in [-0.05, 0) is 80.6 Å². The smallest absolute Gasteiger partial charge is 0.352 e. The van der Waals surface area contributed by atoms with Gasteiger partial charge in [-0.1, -0.05) is 52.9 Å². The largest absolute Gasteiger partial charge is 0.494 e. The summed E-state index contributed by atoms with van der Waals surface area (Å²) in [6, 6.07) is 14.5. The summed E-state index contributed by atoms with van der Waals surface area (Å²) in [7, 11) is 0. The number of hydrogen-bond donors (Lipinski definition) is 0. The average molecular weight is 471 g/mol. The molecule has 0 spiro atoms. The molecule has 2 atom stereocenters. The van der Waals surface area contributed by atoms with Gasteiger partial charge in [-0.25, -0.2) is 4.79 Å². The summed E-state index contributed by atoms with van der Waals surface area (Å²) in [5.41, 5.74) is 0. The van der Waals surface area contributed by atoms with Crippen molar-refractivity contribution in [3.8, 4) is 23.0 Å². The fraction of sp³-hybridized carbons (Fsp3) is 0.552. The van der Waals surface area contributed by atoms with E-state index in [0.29, 0.717) is 24.7 Å². The number of carbonyl (C=O) groups excluding carboxylic acids is 1. The van der Waals surface area contributed by atoms with Gasteiger partial charge < -0.3 is 18.9 Å². The Kier molecular flexibility index (Phi) is 13.0. The molecule has 0 fully saturated rings. The molecule has 5 nitrogen and oxygen atoms in total. The molecule has 2 aromatic rings. The highest BCUT2D eigenvalue weighted by molar-refractivity contribution is 5.77. The van der Waals surface area contributed by atoms with Gasteiger partial charge in [0.15, 0.2) is 6.10 Å². The van der Waals surface area contributed by atoms with Crippen molar-refractivity contribution < 1.29 is 23.7 Å². The van der Waals surface area contributed by atoms with Crippen molar-refractivity contribution in [3.05, 3.63) is 48.5 Å². The molecule has 2 aromatic carbocycles. The van der Waals surface area contributed by atoms with Gasteiger partial charge in [0.1, 0.15) is 23.0 Å². The zero-order valence-electron chi connectivity index (χ0n) is 21.4. The minimum absolute atomic E-state index is 0.449. The van der Waals surface area contributed by atoms with Crippen molar-refractivity contribution in [3.63, 3.8) is 0 Å². The van der Waals surface area contributed by atoms with Crippen LogP contribution in [-0.2, 0) is 4.79 Å². The Bertz CT molecular complexity index is 800. The van der Waals surface area contributed by atoms with Crippen LogP contribution in [-0.4, -0.2) is 25.3 Å². The highest BCUT2D eigenvalue weighted by Crippen LogP contribution is 2.21. The third kappa shape index (κ3) is 11.0. The maximum Gasteiger partial charge on any atom is 0.352 e. The van der Waals surface area contributed by atoms with Crippen LogP contribution in [0.5, 0.6) is 23.0 Å². The van der Waals surface area contributed by atoms with Gasteiger partial charge in [-0.3, -0.25) is 0 Å². The normalized spacial score (nSPS) is 12.6. The molecule has 0 unspecified atom stereocenters. The van der Waals surface area contributed by atoms with Crippen LogP contribution in [0.3, 0.4) is 0 Å². The Labute approximate surface area is 205 Å². The third-order valence-electron chi connectivity index (χ3n) is 5.83. The second kappa shape index (κ2) is 16.0. The van der Waals surface area contributed by atoms with Gasteiger partial charge >= 0.3 is 5.97 Å². The van der Waals surface area contributed by atoms with Crippen LogP contribution >= 0.6 is 0 Å². The highest BCUT2D eigenvalue weighted by atomic mass is 16.6. The lowest BCUT2D eigenvalue weighted by Gasteiger charge is -2.15. The van der Waals surface area contributed by atoms with Crippen LogP contribution in [0.4, 0.5) is 0 Å². The molecule has 0 aliphatic rings. The molecular weight excluding hydrogens is 428 g/mol. The van der Waals surface area contributed by atoms with Gasteiger partial charge in [-0.15, -0.1) is 0 Å². The van der Waals surface area contributed by atoms with Crippen LogP contribution in [0.2, 0.25) is 0 Å². The van der Waals surface area contributed by atoms with Crippen molar-refractivity contribution in [1.82, 2.24) is 0 Å². The predicted octanol–water partition coefficient (Wildman–Crippen LogP) is 7.61. The molecule has 0 aromatic heterocycles. The maximum atomic E-state index is 12.4. The average Bonchev–Trinajstić information content (AvgIpc) is 2.85. The fourth-order valence-corrected chi connectivity index (χ4v) is 3.39. The van der Waals surface area contributed by atoms with E-state index in [-0.39, 0.29) is 0 Å². The molecule has 0 N–H and O–H groups in total. The summed E-state index contributed by atoms with van der Waals surface area (Å²) < 4.78 is 22.7. The van der Waals surface area contributed by atoms with E-state index in [1.807, 2.05) is 36.4 Å². The van der Waals surface area contributed by atoms with Crippen molar-refractivity contribution in [2.45, 2.75) is 85.2 Å². The number of benzene rings is 2. The molecule has 5 heteroatoms. The maximum absolute atomic E-state index is 12.4. The lowest BCUT2D eigenvalue weighted by Crippen LogP contribution is -2.28. The first kappa shape index (κ1) is 27.6. The number of hydrogen-bond acceptors (Lipinski definition) is 5. The molecule has 34 heavy (non-hydrogen) atoms. The Hall–Kier alpha value is -2.69. The summed E-state index contributed by atoms with van der Waals surface area (Å²) in [4.78, 5) is 12.4. The first-order chi connectivity index (χ1) is 16.5. The van der Waals surface area contributed by atoms with Crippen molar-refractivity contribution >= 4 is 5.97 Å². The highest BCUT2D eigenvalue weighted by Gasteiger charge is 2.17. The number of unbranched alkanes of at least 4 members (excludes halogenated alkanes) is 4. The third-order valence-corrected chi connectivity index (χ3v) is 5.83. The van der Waals surface area contributed by atoms with Gasteiger partial charge in [0.05, 0.1) is 13.2 Å². The van der Waals surface area contributed by atoms with Crippen molar-refractivity contribution in [2.24, 2.45) is 5.92 Å². The van der Waals surface area contributed by atoms with E-state index in [0.717, 1.165) is 30.3 Å². The zero-order chi connectivity index (χ0) is 24.6. The summed E-state index contributed by atoms with van der Waals surface area (Å²) in [6.45, 7) is 9.77. The van der Waals surface area contributed by atoms with Crippen molar-refractivity contribution in [1.29, 1.82) is 0 Å². The molecular formula is C29H42O5. The predicted molar refractivity (Wildman–Crippen MR) is 137 cm³/mol. The molecule has 0 bridgehead atoms. The van der Waals surface area contributed by atoms with Gasteiger partial charge in [0.2, 0.25) is 0 Å². The first-order valence-electron chi connectivity index (χ1n) is 12.9. The minimum Gasteiger partial charge on any atom is -0.494 e. The standard InChI is InChI=1S/C29H42O5/c1-5-7-8-9-10-21-31-25-15-19-28(20-16-25)34-29(30)24(4)33-27-17-13-26(14-18-27)32-22-11-12-23(3)6-2/h13-20,23-24H,5-12,21-22H2,1-4H3/t23-,24-/m0/s1. The number of rotatable bonds is 17. The lowest BCUT2D eigenvalue weighted by molar-refractivity contribution is -0.141. The summed E-state index contributed by atoms with van der Waals surface area (Å²) in [5.74, 6) is 2.93. The molecule has 188 valence electrons. The van der Waals surface area contributed by atoms with Crippen molar-refractivity contribution in [2.75, 3.05) is 13.2 Å². The molecule has 0 amide bonds. The zero-order valence-corrected chi connectivity index (χ0v) is 21.4. The van der Waals surface area contributed by atoms with Crippen LogP contribution in [0, 0.1) is 5.92 Å². The molecule has 0 saturated heterocycles. The van der Waals surface area contributed by atoms with E-state index in [1.54, 1.807) is 19.1 Å². The number of ether oxygens (including phenoxy) is 4. The van der Waals surface area contributed by atoms with Crippen LogP contribution in [0.25, 0.3) is 0 Å². The van der Waals surface area contributed by atoms with E-state index < -0.39 is 12.1 Å². The first-order valence-corrected chi connectivity index (χ1v) is 12.9. The fourth-order valence-electron chi connectivity index (χ4n) is 3.39. The second-order valence-electron chi connectivity index (χ2n) is 8.89. The summed E-state index contributed by atoms with van der Waals surface area (Å²) in [5, 5.41) is 0. The van der Waals surface area contributed by atoms with Gasteiger partial charge in [-0.2, -0.15) is 0 Å². The second-order valence-corrected chi connectivity index (χ2v) is 8.89. The Morgan fingerprint density at radius 2 is 1.24 bits per heavy atom. The van der Waals surface area contributed by atoms with Crippen LogP contribution in [0.1, 0.15) is 79.1 Å². The Balaban J connectivity index is 1.70. The van der Waals surface area contributed by atoms with Gasteiger partial charge in [0, 0.05) is 0 Å². The molecule has 0 saturated carbocycles. The molecule has 0 aliphatic carbocycles. The van der Waals surface area contributed by atoms with E-state index >= 15 is 0 Å². The lowest BCUT2D eigenvalue weighted by atomic mass is 10.0. The molecule has 0 radical (unpaired) electrons. The minimum atomic E-state index is -0.735. The Morgan fingerprint density at radius 3 is 1.82 bits per heavy atom. The van der Waals surface area contributed by atoms with E-state index in [2.05, 4.69) is 20.8 Å². The quantitative estimate of drug-likeness (QED) is 0.135. The SMILES string of the molecule is CCCCCCCOc1ccc(OC(=O)[C@H](C)Oc2ccc(OCCC[C@@H](C)CC)cc2)cc1.